The van der Waals surface area contributed by atoms with Gasteiger partial charge < -0.3 is 23.5 Å². The third-order valence-corrected chi connectivity index (χ3v) is 16.2. The number of hydrogen-bond acceptors (Lipinski definition) is 13. The predicted octanol–water partition coefficient (Wildman–Crippen LogP) is 8.24. The Hall–Kier alpha value is -3.23. The van der Waals surface area contributed by atoms with Gasteiger partial charge >= 0.3 is 29.6 Å². The molecule has 0 saturated carbocycles. The van der Waals surface area contributed by atoms with Crippen LogP contribution in [0.4, 0.5) is 0 Å². The van der Waals surface area contributed by atoms with E-state index in [1.165, 1.54) is 54.9 Å². The number of methoxy groups -OCH3 is 1. The molecule has 4 aromatic rings. The second-order valence-corrected chi connectivity index (χ2v) is 23.2. The standard InChI is InChI=1S/C49H62O12S5.Na/c1-7-41(8-2)59-28-13-11-9-10-12-14-29-60-48-27-17-40(35-46(48)37(3)63-31-33-65(53,54)55)49(4,5)39-16-26-47(38(34-39)36-62-30-15-32-64(50,51)52)61-43-20-24-45(25-21-43)66(56,57)44-22-18-42(58-6)19-23-44;/h7-8,16-27,34-35H,1,3,9-15,28-33,36H2,2,4-6H3,(H,50,51,52)(H,53,54,55);/q;+1/p-1/b41-8+;. The summed E-state index contributed by atoms with van der Waals surface area (Å²) in [7, 11) is -10.8. The summed E-state index contributed by atoms with van der Waals surface area (Å²) in [5, 5.41) is 0. The maximum absolute atomic E-state index is 13.3. The van der Waals surface area contributed by atoms with E-state index in [1.54, 1.807) is 30.3 Å². The Morgan fingerprint density at radius 1 is 0.746 bits per heavy atom. The summed E-state index contributed by atoms with van der Waals surface area (Å²) < 4.78 is 116. The molecule has 4 aromatic carbocycles. The fourth-order valence-electron chi connectivity index (χ4n) is 6.73. The summed E-state index contributed by atoms with van der Waals surface area (Å²) in [6.07, 6.45) is 9.82. The van der Waals surface area contributed by atoms with Crippen LogP contribution in [0, 0.1) is 0 Å². The van der Waals surface area contributed by atoms with Gasteiger partial charge in [0.05, 0.1) is 46.0 Å². The number of allylic oxidation sites excluding steroid dienone is 2. The number of sulfone groups is 1. The van der Waals surface area contributed by atoms with E-state index in [1.807, 2.05) is 49.4 Å². The quantitative estimate of drug-likeness (QED) is 0.0173. The average Bonchev–Trinajstić information content (AvgIpc) is 3.28. The summed E-state index contributed by atoms with van der Waals surface area (Å²) in [6, 6.07) is 24.0. The first-order chi connectivity index (χ1) is 31.3. The zero-order valence-electron chi connectivity index (χ0n) is 39.0. The minimum atomic E-state index is -4.35. The molecule has 0 fully saturated rings. The van der Waals surface area contributed by atoms with Gasteiger partial charge in [0.15, 0.2) is 0 Å². The first-order valence-corrected chi connectivity index (χ1v) is 28.4. The van der Waals surface area contributed by atoms with Crippen LogP contribution in [0.15, 0.2) is 126 Å². The number of ether oxygens (including phenoxy) is 4. The van der Waals surface area contributed by atoms with Crippen molar-refractivity contribution in [1.29, 1.82) is 0 Å². The maximum Gasteiger partial charge on any atom is 1.00 e. The van der Waals surface area contributed by atoms with Crippen molar-refractivity contribution in [3.05, 3.63) is 138 Å². The minimum absolute atomic E-state index is 0. The molecule has 0 bridgehead atoms. The molecule has 67 heavy (non-hydrogen) atoms. The molecule has 0 aliphatic rings. The zero-order valence-corrected chi connectivity index (χ0v) is 45.1. The third kappa shape index (κ3) is 19.2. The van der Waals surface area contributed by atoms with Gasteiger partial charge in [0, 0.05) is 38.7 Å². The van der Waals surface area contributed by atoms with E-state index < -0.39 is 47.0 Å². The van der Waals surface area contributed by atoms with Gasteiger partial charge in [0.2, 0.25) is 9.84 Å². The van der Waals surface area contributed by atoms with Crippen molar-refractivity contribution >= 4 is 58.5 Å². The van der Waals surface area contributed by atoms with Gasteiger partial charge in [-0.2, -0.15) is 20.2 Å². The van der Waals surface area contributed by atoms with Crippen molar-refractivity contribution in [2.75, 3.05) is 43.3 Å². The van der Waals surface area contributed by atoms with Gasteiger partial charge in [0.1, 0.15) is 28.8 Å². The van der Waals surface area contributed by atoms with Crippen LogP contribution >= 0.6 is 23.5 Å². The largest absolute Gasteiger partial charge is 1.00 e. The summed E-state index contributed by atoms with van der Waals surface area (Å²) in [5.74, 6) is 2.90. The molecule has 18 heteroatoms. The van der Waals surface area contributed by atoms with Crippen LogP contribution in [-0.2, 0) is 46.0 Å². The van der Waals surface area contributed by atoms with Gasteiger partial charge in [-0.05, 0) is 122 Å². The van der Waals surface area contributed by atoms with Crippen molar-refractivity contribution in [2.24, 2.45) is 0 Å². The molecule has 0 aromatic heterocycles. The Morgan fingerprint density at radius 2 is 1.31 bits per heavy atom. The predicted molar refractivity (Wildman–Crippen MR) is 266 cm³/mol. The van der Waals surface area contributed by atoms with Gasteiger partial charge in [-0.3, -0.25) is 4.55 Å². The zero-order chi connectivity index (χ0) is 48.4. The smallest absolute Gasteiger partial charge is 0.748 e. The van der Waals surface area contributed by atoms with Gasteiger partial charge in [-0.1, -0.05) is 70.9 Å². The molecule has 0 radical (unpaired) electrons. The summed E-state index contributed by atoms with van der Waals surface area (Å²) in [6.45, 7) is 15.2. The monoisotopic (exact) mass is 1020 g/mol. The Balaban J connectivity index is 0.0000119. The van der Waals surface area contributed by atoms with Gasteiger partial charge in [0.25, 0.3) is 10.1 Å². The molecule has 0 aliphatic carbocycles. The van der Waals surface area contributed by atoms with E-state index >= 15 is 0 Å². The molecule has 1 N–H and O–H groups in total. The minimum Gasteiger partial charge on any atom is -0.748 e. The average molecular weight is 1030 g/mol. The van der Waals surface area contributed by atoms with Crippen LogP contribution in [0.1, 0.15) is 88.0 Å². The van der Waals surface area contributed by atoms with Crippen molar-refractivity contribution in [1.82, 2.24) is 0 Å². The van der Waals surface area contributed by atoms with E-state index in [0.717, 1.165) is 61.0 Å². The molecule has 0 amide bonds. The molecule has 0 heterocycles. The summed E-state index contributed by atoms with van der Waals surface area (Å²) in [4.78, 5) is 0.805. The van der Waals surface area contributed by atoms with Crippen LogP contribution < -0.4 is 43.8 Å². The normalized spacial score (nSPS) is 12.2. The molecular weight excluding hydrogens is 964 g/mol. The van der Waals surface area contributed by atoms with Crippen molar-refractivity contribution in [3.8, 4) is 23.0 Å². The molecule has 4 rings (SSSR count). The number of benzene rings is 4. The van der Waals surface area contributed by atoms with Crippen LogP contribution in [0.25, 0.3) is 4.91 Å². The molecule has 0 saturated heterocycles. The van der Waals surface area contributed by atoms with E-state index in [0.29, 0.717) is 58.2 Å². The number of hydrogen-bond donors (Lipinski definition) is 1. The topological polar surface area (TPSA) is 183 Å². The SMILES string of the molecule is C=C/C(=C\C)OCCCCCCCCOc1ccc(C(C)(C)c2ccc(Oc3ccc(S(=O)(=O)c4ccc(OC)cc4)cc3)c(CSCCCS(=O)(=O)[O-])c2)cc1C(=C)SCCS(=O)(=O)O.[Na+]. The molecule has 0 atom stereocenters. The Morgan fingerprint density at radius 3 is 1.88 bits per heavy atom. The van der Waals surface area contributed by atoms with Crippen molar-refractivity contribution < 1.29 is 82.9 Å². The van der Waals surface area contributed by atoms with E-state index in [4.69, 9.17) is 18.9 Å². The van der Waals surface area contributed by atoms with Crippen LogP contribution in [0.5, 0.6) is 23.0 Å². The second-order valence-electron chi connectivity index (χ2n) is 15.8. The Bertz CT molecular complexity index is 2600. The van der Waals surface area contributed by atoms with Gasteiger partial charge in [-0.15, -0.1) is 11.8 Å². The molecule has 0 spiro atoms. The summed E-state index contributed by atoms with van der Waals surface area (Å²) >= 11 is 2.68. The van der Waals surface area contributed by atoms with E-state index in [9.17, 15) is 34.4 Å². The van der Waals surface area contributed by atoms with E-state index in [2.05, 4.69) is 27.0 Å². The fraction of sp³-hybridized carbons (Fsp3) is 0.388. The molecular formula is C49H61NaO12S5. The number of rotatable bonds is 30. The maximum atomic E-state index is 13.3. The van der Waals surface area contributed by atoms with Crippen LogP contribution in [0.3, 0.4) is 0 Å². The summed E-state index contributed by atoms with van der Waals surface area (Å²) in [5.41, 5.74) is 2.74. The Kier molecular flexibility index (Phi) is 24.1. The molecule has 0 unspecified atom stereocenters. The molecule has 360 valence electrons. The first-order valence-electron chi connectivity index (χ1n) is 21.6. The van der Waals surface area contributed by atoms with Crippen molar-refractivity contribution in [2.45, 2.75) is 86.7 Å². The van der Waals surface area contributed by atoms with Crippen LogP contribution in [0.2, 0.25) is 0 Å². The van der Waals surface area contributed by atoms with Gasteiger partial charge in [-0.25, -0.2) is 16.8 Å². The Labute approximate surface area is 429 Å². The molecule has 0 aliphatic heterocycles. The first kappa shape index (κ1) is 58.1. The fourth-order valence-corrected chi connectivity index (χ4v) is 11.3. The number of unbranched alkanes of at least 4 members (excludes halogenated alkanes) is 5. The van der Waals surface area contributed by atoms with Crippen LogP contribution in [-0.4, -0.2) is 77.7 Å². The third-order valence-electron chi connectivity index (χ3n) is 10.6. The van der Waals surface area contributed by atoms with Crippen molar-refractivity contribution in [3.63, 3.8) is 0 Å². The van der Waals surface area contributed by atoms with E-state index in [-0.39, 0.29) is 51.5 Å². The molecule has 12 nitrogen and oxygen atoms in total. The second kappa shape index (κ2) is 27.8. The number of thioether (sulfide) groups is 2.